The van der Waals surface area contributed by atoms with Gasteiger partial charge in [-0.05, 0) is 22.5 Å². The molecule has 0 aromatic heterocycles. The molecule has 0 N–H and O–H groups in total. The van der Waals surface area contributed by atoms with Crippen LogP contribution in [0.15, 0.2) is 121 Å². The SMILES string of the molecule is O=P1(c2ccccc2)C=C2C=CC=CC23C1C1c2ccccc2C3P1(=O)c1ccccc1. The fourth-order valence-corrected chi connectivity index (χ4v) is 16.4. The lowest BCUT2D eigenvalue weighted by Gasteiger charge is -2.41. The molecule has 1 saturated heterocycles. The van der Waals surface area contributed by atoms with Gasteiger partial charge >= 0.3 is 0 Å². The lowest BCUT2D eigenvalue weighted by molar-refractivity contribution is 0.427. The fourth-order valence-electron chi connectivity index (χ4n) is 6.95. The van der Waals surface area contributed by atoms with E-state index in [-0.39, 0.29) is 17.0 Å². The molecule has 0 amide bonds. The Kier molecular flexibility index (Phi) is 3.67. The molecule has 32 heavy (non-hydrogen) atoms. The van der Waals surface area contributed by atoms with Gasteiger partial charge < -0.3 is 9.13 Å². The Morgan fingerprint density at radius 1 is 0.688 bits per heavy atom. The first-order valence-electron chi connectivity index (χ1n) is 11.1. The molecule has 3 aromatic rings. The summed E-state index contributed by atoms with van der Waals surface area (Å²) >= 11 is 0. The highest BCUT2D eigenvalue weighted by Crippen LogP contribution is 2.94. The minimum absolute atomic E-state index is 0.185. The molecule has 3 heterocycles. The van der Waals surface area contributed by atoms with Gasteiger partial charge in [0.25, 0.3) is 0 Å². The zero-order valence-corrected chi connectivity index (χ0v) is 19.2. The van der Waals surface area contributed by atoms with Gasteiger partial charge in [-0.1, -0.05) is 109 Å². The molecule has 4 heteroatoms. The molecule has 7 rings (SSSR count). The minimum Gasteiger partial charge on any atom is -0.317 e. The standard InChI is InChI=1S/C28H22O2P2/c29-31(21-12-3-1-4-13-21)19-20-11-9-10-18-28(20)26-24-17-8-7-16-23(24)25(27(28)31)32(26,30)22-14-5-2-6-15-22/h1-19,25-27H. The van der Waals surface area contributed by atoms with Crippen LogP contribution in [0.1, 0.15) is 22.4 Å². The van der Waals surface area contributed by atoms with Gasteiger partial charge in [0.1, 0.15) is 14.3 Å². The first kappa shape index (κ1) is 18.9. The number of hydrogen-bond acceptors (Lipinski definition) is 2. The molecule has 1 aliphatic carbocycles. The maximum absolute atomic E-state index is 15.4. The Balaban J connectivity index is 1.60. The summed E-state index contributed by atoms with van der Waals surface area (Å²) in [7, 11) is -5.93. The van der Waals surface area contributed by atoms with Crippen LogP contribution in [0.5, 0.6) is 0 Å². The Morgan fingerprint density at radius 3 is 2.03 bits per heavy atom. The van der Waals surface area contributed by atoms with E-state index in [0.29, 0.717) is 0 Å². The summed E-state index contributed by atoms with van der Waals surface area (Å²) in [6.45, 7) is 0. The Labute approximate surface area is 188 Å². The van der Waals surface area contributed by atoms with Crippen molar-refractivity contribution in [2.24, 2.45) is 5.41 Å². The van der Waals surface area contributed by atoms with Gasteiger partial charge in [0.05, 0.1) is 11.3 Å². The van der Waals surface area contributed by atoms with E-state index >= 15 is 9.13 Å². The molecule has 3 aromatic carbocycles. The summed E-state index contributed by atoms with van der Waals surface area (Å²) < 4.78 is 30.4. The number of benzene rings is 3. The molecule has 0 radical (unpaired) electrons. The van der Waals surface area contributed by atoms with Gasteiger partial charge in [-0.25, -0.2) is 0 Å². The zero-order chi connectivity index (χ0) is 21.6. The second-order valence-electron chi connectivity index (χ2n) is 9.25. The van der Waals surface area contributed by atoms with Crippen LogP contribution in [-0.4, -0.2) is 5.66 Å². The largest absolute Gasteiger partial charge is 0.317 e. The molecule has 156 valence electrons. The van der Waals surface area contributed by atoms with Gasteiger partial charge in [-0.2, -0.15) is 0 Å². The molecule has 2 nitrogen and oxygen atoms in total. The number of rotatable bonds is 2. The van der Waals surface area contributed by atoms with Crippen molar-refractivity contribution in [3.63, 3.8) is 0 Å². The highest BCUT2D eigenvalue weighted by atomic mass is 31.2. The van der Waals surface area contributed by atoms with Crippen LogP contribution in [0.2, 0.25) is 0 Å². The highest BCUT2D eigenvalue weighted by molar-refractivity contribution is 7.79. The lowest BCUT2D eigenvalue weighted by Crippen LogP contribution is -2.37. The molecule has 3 aliphatic heterocycles. The van der Waals surface area contributed by atoms with E-state index in [2.05, 4.69) is 36.4 Å². The van der Waals surface area contributed by atoms with Crippen molar-refractivity contribution < 1.29 is 9.13 Å². The minimum atomic E-state index is -2.98. The zero-order valence-electron chi connectivity index (χ0n) is 17.4. The smallest absolute Gasteiger partial charge is 0.141 e. The summed E-state index contributed by atoms with van der Waals surface area (Å²) in [6, 6.07) is 28.2. The predicted molar refractivity (Wildman–Crippen MR) is 132 cm³/mol. The number of fused-ring (bicyclic) bond motifs is 6. The third-order valence-electron chi connectivity index (χ3n) is 7.97. The third kappa shape index (κ3) is 2.00. The molecule has 6 unspecified atom stereocenters. The number of allylic oxidation sites excluding steroid dienone is 5. The first-order chi connectivity index (χ1) is 15.6. The van der Waals surface area contributed by atoms with E-state index < -0.39 is 19.7 Å². The summed E-state index contributed by atoms with van der Waals surface area (Å²) in [4.78, 5) is 0. The van der Waals surface area contributed by atoms with Gasteiger partial charge in [0, 0.05) is 21.7 Å². The maximum atomic E-state index is 15.4. The van der Waals surface area contributed by atoms with Crippen LogP contribution in [-0.2, 0) is 9.13 Å². The monoisotopic (exact) mass is 452 g/mol. The molecule has 6 atom stereocenters. The molecular formula is C28H22O2P2. The van der Waals surface area contributed by atoms with Crippen molar-refractivity contribution in [1.82, 2.24) is 0 Å². The maximum Gasteiger partial charge on any atom is 0.141 e. The molecule has 1 fully saturated rings. The Morgan fingerprint density at radius 2 is 1.31 bits per heavy atom. The average molecular weight is 452 g/mol. The number of hydrogen-bond donors (Lipinski definition) is 0. The molecule has 1 spiro atoms. The quantitative estimate of drug-likeness (QED) is 0.413. The molecule has 4 aliphatic rings. The first-order valence-corrected chi connectivity index (χ1v) is 14.8. The van der Waals surface area contributed by atoms with E-state index in [1.165, 1.54) is 5.56 Å². The van der Waals surface area contributed by atoms with Gasteiger partial charge in [-0.3, -0.25) is 0 Å². The summed E-state index contributed by atoms with van der Waals surface area (Å²) in [6.07, 6.45) is 8.43. The second-order valence-corrected chi connectivity index (χ2v) is 15.0. The van der Waals surface area contributed by atoms with E-state index in [9.17, 15) is 0 Å². The van der Waals surface area contributed by atoms with Crippen LogP contribution in [0.25, 0.3) is 0 Å². The summed E-state index contributed by atoms with van der Waals surface area (Å²) in [5, 5.41) is 1.79. The topological polar surface area (TPSA) is 34.1 Å². The lowest BCUT2D eigenvalue weighted by atomic mass is 9.66. The van der Waals surface area contributed by atoms with Crippen molar-refractivity contribution in [1.29, 1.82) is 0 Å². The molecule has 2 bridgehead atoms. The van der Waals surface area contributed by atoms with Crippen molar-refractivity contribution in [3.05, 3.63) is 132 Å². The van der Waals surface area contributed by atoms with Crippen molar-refractivity contribution in [2.45, 2.75) is 17.0 Å². The van der Waals surface area contributed by atoms with Gasteiger partial charge in [0.15, 0.2) is 0 Å². The second kappa shape index (κ2) is 6.22. The van der Waals surface area contributed by atoms with Crippen molar-refractivity contribution >= 4 is 24.9 Å². The third-order valence-corrected chi connectivity index (χ3v) is 15.5. The predicted octanol–water partition coefficient (Wildman–Crippen LogP) is 6.55. The summed E-state index contributed by atoms with van der Waals surface area (Å²) in [5.41, 5.74) is 2.24. The summed E-state index contributed by atoms with van der Waals surface area (Å²) in [5.74, 6) is 2.05. The van der Waals surface area contributed by atoms with Gasteiger partial charge in [-0.15, -0.1) is 0 Å². The van der Waals surface area contributed by atoms with Gasteiger partial charge in [0.2, 0.25) is 0 Å². The average Bonchev–Trinajstić information content (AvgIpc) is 3.36. The van der Waals surface area contributed by atoms with E-state index in [1.54, 1.807) is 0 Å². The van der Waals surface area contributed by atoms with Crippen molar-refractivity contribution in [3.8, 4) is 0 Å². The van der Waals surface area contributed by atoms with Crippen LogP contribution in [0.4, 0.5) is 0 Å². The molecule has 0 saturated carbocycles. The highest BCUT2D eigenvalue weighted by Gasteiger charge is 2.77. The normalized spacial score (nSPS) is 37.6. The molecular weight excluding hydrogens is 430 g/mol. The van der Waals surface area contributed by atoms with Crippen molar-refractivity contribution in [2.75, 3.05) is 0 Å². The van der Waals surface area contributed by atoms with Crippen LogP contribution >= 0.6 is 14.3 Å². The Bertz CT molecular complexity index is 1450. The van der Waals surface area contributed by atoms with Crippen LogP contribution < -0.4 is 10.6 Å². The Hall–Kier alpha value is -2.66. The van der Waals surface area contributed by atoms with E-state index in [0.717, 1.165) is 21.7 Å². The van der Waals surface area contributed by atoms with E-state index in [4.69, 9.17) is 0 Å². The van der Waals surface area contributed by atoms with E-state index in [1.807, 2.05) is 78.6 Å². The van der Waals surface area contributed by atoms with Crippen LogP contribution in [0, 0.1) is 5.41 Å². The fraction of sp³-hybridized carbons (Fsp3) is 0.143. The van der Waals surface area contributed by atoms with Crippen LogP contribution in [0.3, 0.4) is 0 Å².